The summed E-state index contributed by atoms with van der Waals surface area (Å²) >= 11 is 0. The maximum atomic E-state index is 12.1. The van der Waals surface area contributed by atoms with Crippen LogP contribution in [0, 0.1) is 0 Å². The number of alkyl halides is 2. The van der Waals surface area contributed by atoms with E-state index < -0.39 is 6.61 Å². The molecule has 1 saturated heterocycles. The highest BCUT2D eigenvalue weighted by molar-refractivity contribution is 5.75. The lowest BCUT2D eigenvalue weighted by atomic mass is 10.0. The molecule has 1 heterocycles. The molecule has 21 heavy (non-hydrogen) atoms. The van der Waals surface area contributed by atoms with Crippen molar-refractivity contribution in [3.8, 4) is 5.75 Å². The van der Waals surface area contributed by atoms with Crippen LogP contribution in [0.4, 0.5) is 13.6 Å². The predicted octanol–water partition coefficient (Wildman–Crippen LogP) is 3.37. The Morgan fingerprint density at radius 1 is 1.38 bits per heavy atom. The summed E-state index contributed by atoms with van der Waals surface area (Å²) < 4.78 is 28.3. The van der Waals surface area contributed by atoms with Gasteiger partial charge in [0.2, 0.25) is 0 Å². The molecular formula is C15H20F2N2O2. The zero-order valence-corrected chi connectivity index (χ0v) is 12.2. The van der Waals surface area contributed by atoms with Crippen LogP contribution in [0.2, 0.25) is 0 Å². The number of likely N-dealkylation sites (tertiary alicyclic amines) is 1. The van der Waals surface area contributed by atoms with E-state index >= 15 is 0 Å². The number of nitrogens with zero attached hydrogens (tertiary/aromatic N) is 1. The van der Waals surface area contributed by atoms with Crippen molar-refractivity contribution in [2.45, 2.75) is 45.4 Å². The van der Waals surface area contributed by atoms with E-state index in [-0.39, 0.29) is 17.3 Å². The highest BCUT2D eigenvalue weighted by Gasteiger charge is 2.35. The number of carbonyl (C=O) groups excluding carboxylic acids is 1. The van der Waals surface area contributed by atoms with E-state index in [1.165, 1.54) is 12.1 Å². The molecule has 4 nitrogen and oxygen atoms in total. The fraction of sp³-hybridized carbons (Fsp3) is 0.533. The van der Waals surface area contributed by atoms with Crippen LogP contribution in [0.1, 0.15) is 32.3 Å². The summed E-state index contributed by atoms with van der Waals surface area (Å²) in [4.78, 5) is 14.0. The largest absolute Gasteiger partial charge is 0.435 e. The molecule has 2 rings (SSSR count). The van der Waals surface area contributed by atoms with Gasteiger partial charge >= 0.3 is 12.6 Å². The van der Waals surface area contributed by atoms with Gasteiger partial charge in [-0.1, -0.05) is 12.1 Å². The van der Waals surface area contributed by atoms with Crippen molar-refractivity contribution in [3.05, 3.63) is 29.8 Å². The topological polar surface area (TPSA) is 41.6 Å². The fourth-order valence-electron chi connectivity index (χ4n) is 2.55. The van der Waals surface area contributed by atoms with Crippen LogP contribution in [0.3, 0.4) is 0 Å². The zero-order chi connectivity index (χ0) is 15.5. The summed E-state index contributed by atoms with van der Waals surface area (Å²) in [5.74, 6) is 0.112. The number of rotatable bonds is 4. The first-order valence-corrected chi connectivity index (χ1v) is 6.98. The lowest BCUT2D eigenvalue weighted by Crippen LogP contribution is -2.47. The van der Waals surface area contributed by atoms with E-state index in [0.29, 0.717) is 6.54 Å². The molecule has 6 heteroatoms. The van der Waals surface area contributed by atoms with Gasteiger partial charge in [0.05, 0.1) is 0 Å². The van der Waals surface area contributed by atoms with Crippen molar-refractivity contribution in [1.82, 2.24) is 10.2 Å². The molecule has 116 valence electrons. The molecular weight excluding hydrogens is 278 g/mol. The van der Waals surface area contributed by atoms with Gasteiger partial charge in [-0.3, -0.25) is 0 Å². The molecule has 2 amide bonds. The van der Waals surface area contributed by atoms with E-state index in [2.05, 4.69) is 23.9 Å². The number of amides is 2. The molecule has 0 aromatic heterocycles. The van der Waals surface area contributed by atoms with Crippen molar-refractivity contribution in [3.63, 3.8) is 0 Å². The summed E-state index contributed by atoms with van der Waals surface area (Å²) in [7, 11) is 0. The van der Waals surface area contributed by atoms with Gasteiger partial charge in [-0.05, 0) is 44.4 Å². The predicted molar refractivity (Wildman–Crippen MR) is 75.3 cm³/mol. The lowest BCUT2D eigenvalue weighted by Gasteiger charge is -2.31. The van der Waals surface area contributed by atoms with Crippen LogP contribution in [-0.2, 0) is 6.54 Å². The zero-order valence-electron chi connectivity index (χ0n) is 12.2. The van der Waals surface area contributed by atoms with Crippen molar-refractivity contribution < 1.29 is 18.3 Å². The van der Waals surface area contributed by atoms with E-state index in [1.54, 1.807) is 12.1 Å². The Morgan fingerprint density at radius 2 is 2.05 bits per heavy atom. The third-order valence-electron chi connectivity index (χ3n) is 3.74. The van der Waals surface area contributed by atoms with Crippen molar-refractivity contribution in [2.75, 3.05) is 6.54 Å². The number of carbonyl (C=O) groups is 1. The number of ether oxygens (including phenoxy) is 1. The first-order chi connectivity index (χ1) is 9.88. The van der Waals surface area contributed by atoms with Gasteiger partial charge in [0.25, 0.3) is 0 Å². The summed E-state index contributed by atoms with van der Waals surface area (Å²) in [5.41, 5.74) is 0.723. The standard InChI is InChI=1S/C15H20F2N2O2/c1-15(2)8-3-9-19(15)14(20)18-10-11-4-6-12(7-5-11)21-13(16)17/h4-7,13H,3,8-10H2,1-2H3,(H,18,20). The van der Waals surface area contributed by atoms with Crippen molar-refractivity contribution >= 4 is 6.03 Å². The second kappa shape index (κ2) is 6.28. The van der Waals surface area contributed by atoms with Crippen molar-refractivity contribution in [2.24, 2.45) is 0 Å². The highest BCUT2D eigenvalue weighted by Crippen LogP contribution is 2.28. The second-order valence-corrected chi connectivity index (χ2v) is 5.75. The molecule has 1 aliphatic heterocycles. The van der Waals surface area contributed by atoms with Crippen LogP contribution in [0.25, 0.3) is 0 Å². The minimum absolute atomic E-state index is 0.0922. The average Bonchev–Trinajstić information content (AvgIpc) is 2.76. The Bertz CT molecular complexity index is 489. The molecule has 1 aromatic rings. The molecule has 0 unspecified atom stereocenters. The van der Waals surface area contributed by atoms with E-state index in [1.807, 2.05) is 4.90 Å². The number of benzene rings is 1. The van der Waals surface area contributed by atoms with Gasteiger partial charge in [0, 0.05) is 18.6 Å². The average molecular weight is 298 g/mol. The number of urea groups is 1. The molecule has 0 aliphatic carbocycles. The first-order valence-electron chi connectivity index (χ1n) is 6.98. The molecule has 0 saturated carbocycles. The molecule has 1 aliphatic rings. The van der Waals surface area contributed by atoms with Crippen LogP contribution in [0.5, 0.6) is 5.75 Å². The number of hydrogen-bond acceptors (Lipinski definition) is 2. The van der Waals surface area contributed by atoms with E-state index in [9.17, 15) is 13.6 Å². The third kappa shape index (κ3) is 4.06. The minimum Gasteiger partial charge on any atom is -0.435 e. The Labute approximate surface area is 123 Å². The normalized spacial score (nSPS) is 17.1. The molecule has 0 atom stereocenters. The molecule has 1 fully saturated rings. The fourth-order valence-corrected chi connectivity index (χ4v) is 2.55. The minimum atomic E-state index is -2.83. The monoisotopic (exact) mass is 298 g/mol. The van der Waals surface area contributed by atoms with Gasteiger partial charge in [-0.25, -0.2) is 4.79 Å². The molecule has 0 bridgehead atoms. The smallest absolute Gasteiger partial charge is 0.387 e. The SMILES string of the molecule is CC1(C)CCCN1C(=O)NCc1ccc(OC(F)F)cc1. The molecule has 1 aromatic carbocycles. The van der Waals surface area contributed by atoms with Gasteiger partial charge < -0.3 is 15.0 Å². The second-order valence-electron chi connectivity index (χ2n) is 5.75. The molecule has 0 radical (unpaired) electrons. The number of hydrogen-bond donors (Lipinski definition) is 1. The number of halogens is 2. The van der Waals surface area contributed by atoms with Gasteiger partial charge in [-0.15, -0.1) is 0 Å². The summed E-state index contributed by atoms with van der Waals surface area (Å²) in [6.07, 6.45) is 2.01. The van der Waals surface area contributed by atoms with Crippen LogP contribution >= 0.6 is 0 Å². The van der Waals surface area contributed by atoms with E-state index in [0.717, 1.165) is 24.9 Å². The maximum Gasteiger partial charge on any atom is 0.387 e. The van der Waals surface area contributed by atoms with Crippen LogP contribution in [0.15, 0.2) is 24.3 Å². The van der Waals surface area contributed by atoms with Crippen LogP contribution in [-0.4, -0.2) is 29.6 Å². The van der Waals surface area contributed by atoms with Crippen LogP contribution < -0.4 is 10.1 Å². The van der Waals surface area contributed by atoms with Gasteiger partial charge in [-0.2, -0.15) is 8.78 Å². The quantitative estimate of drug-likeness (QED) is 0.926. The van der Waals surface area contributed by atoms with Gasteiger partial charge in [0.1, 0.15) is 5.75 Å². The Hall–Kier alpha value is -1.85. The summed E-state index contributed by atoms with van der Waals surface area (Å²) in [5, 5.41) is 2.85. The summed E-state index contributed by atoms with van der Waals surface area (Å²) in [6.45, 7) is 2.40. The van der Waals surface area contributed by atoms with Crippen molar-refractivity contribution in [1.29, 1.82) is 0 Å². The Morgan fingerprint density at radius 3 is 2.57 bits per heavy atom. The molecule has 1 N–H and O–H groups in total. The number of nitrogens with one attached hydrogen (secondary N) is 1. The Balaban J connectivity index is 1.87. The third-order valence-corrected chi connectivity index (χ3v) is 3.74. The van der Waals surface area contributed by atoms with E-state index in [4.69, 9.17) is 0 Å². The Kier molecular flexibility index (Phi) is 4.65. The first kappa shape index (κ1) is 15.5. The lowest BCUT2D eigenvalue weighted by molar-refractivity contribution is -0.0498. The summed E-state index contributed by atoms with van der Waals surface area (Å²) in [6, 6.07) is 6.16. The molecule has 0 spiro atoms. The van der Waals surface area contributed by atoms with Gasteiger partial charge in [0.15, 0.2) is 0 Å². The maximum absolute atomic E-state index is 12.1. The highest BCUT2D eigenvalue weighted by atomic mass is 19.3.